The maximum atomic E-state index is 5.53. The molecule has 0 aromatic rings. The molecule has 90 valence electrons. The van der Waals surface area contributed by atoms with Crippen molar-refractivity contribution in [2.75, 3.05) is 46.7 Å². The molecule has 0 aromatic carbocycles. The van der Waals surface area contributed by atoms with Crippen LogP contribution >= 0.6 is 0 Å². The van der Waals surface area contributed by atoms with E-state index in [1.807, 2.05) is 0 Å². The quantitative estimate of drug-likeness (QED) is 0.611. The summed E-state index contributed by atoms with van der Waals surface area (Å²) in [5.74, 6) is 0. The number of hydrogen-bond acceptors (Lipinski definition) is 4. The van der Waals surface area contributed by atoms with Crippen LogP contribution in [0.5, 0.6) is 0 Å². The molecular formula is C11H23NO3. The summed E-state index contributed by atoms with van der Waals surface area (Å²) in [4.78, 5) is 0. The van der Waals surface area contributed by atoms with Crippen molar-refractivity contribution in [1.82, 2.24) is 5.32 Å². The Morgan fingerprint density at radius 3 is 2.60 bits per heavy atom. The summed E-state index contributed by atoms with van der Waals surface area (Å²) in [6.45, 7) is 4.61. The molecule has 0 bridgehead atoms. The lowest BCUT2D eigenvalue weighted by Gasteiger charge is -2.23. The molecule has 0 spiro atoms. The van der Waals surface area contributed by atoms with Crippen LogP contribution < -0.4 is 5.32 Å². The summed E-state index contributed by atoms with van der Waals surface area (Å²) in [5, 5.41) is 3.44. The van der Waals surface area contributed by atoms with Gasteiger partial charge >= 0.3 is 0 Å². The standard InChI is InChI=1S/C11H23NO3/c1-13-6-7-14-8-9-15-10-11-4-2-3-5-12-11/h11-12H,2-10H2,1H3. The first-order valence-corrected chi connectivity index (χ1v) is 5.81. The fraction of sp³-hybridized carbons (Fsp3) is 1.00. The molecule has 4 nitrogen and oxygen atoms in total. The third-order valence-electron chi connectivity index (χ3n) is 2.54. The number of piperidine rings is 1. The predicted octanol–water partition coefficient (Wildman–Crippen LogP) is 0.808. The van der Waals surface area contributed by atoms with Crippen molar-refractivity contribution in [1.29, 1.82) is 0 Å². The zero-order valence-electron chi connectivity index (χ0n) is 9.67. The number of hydrogen-bond donors (Lipinski definition) is 1. The Balaban J connectivity index is 1.79. The number of methoxy groups -OCH3 is 1. The van der Waals surface area contributed by atoms with Gasteiger partial charge in [0.2, 0.25) is 0 Å². The van der Waals surface area contributed by atoms with Crippen LogP contribution in [0.25, 0.3) is 0 Å². The Kier molecular flexibility index (Phi) is 7.83. The summed E-state index contributed by atoms with van der Waals surface area (Å²) in [5.41, 5.74) is 0. The average molecular weight is 217 g/mol. The van der Waals surface area contributed by atoms with Crippen molar-refractivity contribution >= 4 is 0 Å². The minimum absolute atomic E-state index is 0.553. The van der Waals surface area contributed by atoms with E-state index < -0.39 is 0 Å². The summed E-state index contributed by atoms with van der Waals surface area (Å²) < 4.78 is 15.7. The lowest BCUT2D eigenvalue weighted by Crippen LogP contribution is -2.37. The van der Waals surface area contributed by atoms with E-state index in [2.05, 4.69) is 5.32 Å². The molecule has 1 N–H and O–H groups in total. The minimum Gasteiger partial charge on any atom is -0.382 e. The van der Waals surface area contributed by atoms with Crippen LogP contribution in [0.1, 0.15) is 19.3 Å². The van der Waals surface area contributed by atoms with E-state index in [9.17, 15) is 0 Å². The van der Waals surface area contributed by atoms with Gasteiger partial charge in [0.1, 0.15) is 0 Å². The van der Waals surface area contributed by atoms with Crippen molar-refractivity contribution in [3.63, 3.8) is 0 Å². The third-order valence-corrected chi connectivity index (χ3v) is 2.54. The maximum Gasteiger partial charge on any atom is 0.0701 e. The average Bonchev–Trinajstić information content (AvgIpc) is 2.29. The van der Waals surface area contributed by atoms with Gasteiger partial charge in [-0.15, -0.1) is 0 Å². The number of nitrogens with one attached hydrogen (secondary N) is 1. The second kappa shape index (κ2) is 9.09. The highest BCUT2D eigenvalue weighted by atomic mass is 16.5. The van der Waals surface area contributed by atoms with Gasteiger partial charge in [0.15, 0.2) is 0 Å². The molecule has 15 heavy (non-hydrogen) atoms. The van der Waals surface area contributed by atoms with Crippen LogP contribution in [0.15, 0.2) is 0 Å². The van der Waals surface area contributed by atoms with Gasteiger partial charge in [-0.2, -0.15) is 0 Å². The lowest BCUT2D eigenvalue weighted by molar-refractivity contribution is 0.0177. The first-order chi connectivity index (χ1) is 7.43. The van der Waals surface area contributed by atoms with Gasteiger partial charge in [0.25, 0.3) is 0 Å². The Labute approximate surface area is 92.3 Å². The van der Waals surface area contributed by atoms with Crippen LogP contribution in [0.3, 0.4) is 0 Å². The molecule has 1 aliphatic rings. The molecule has 4 heteroatoms. The fourth-order valence-corrected chi connectivity index (χ4v) is 1.65. The lowest BCUT2D eigenvalue weighted by atomic mass is 10.1. The molecule has 0 aromatic heterocycles. The normalized spacial score (nSPS) is 21.8. The molecule has 0 radical (unpaired) electrons. The van der Waals surface area contributed by atoms with Crippen molar-refractivity contribution < 1.29 is 14.2 Å². The predicted molar refractivity (Wildman–Crippen MR) is 59.2 cm³/mol. The van der Waals surface area contributed by atoms with Crippen LogP contribution in [0.2, 0.25) is 0 Å². The second-order valence-electron chi connectivity index (χ2n) is 3.83. The molecule has 1 atom stereocenters. The first-order valence-electron chi connectivity index (χ1n) is 5.81. The van der Waals surface area contributed by atoms with Gasteiger partial charge in [-0.25, -0.2) is 0 Å². The Hall–Kier alpha value is -0.160. The van der Waals surface area contributed by atoms with Crippen LogP contribution in [0.4, 0.5) is 0 Å². The summed E-state index contributed by atoms with van der Waals surface area (Å²) in [6.07, 6.45) is 3.87. The Bertz CT molecular complexity index is 138. The smallest absolute Gasteiger partial charge is 0.0701 e. The van der Waals surface area contributed by atoms with Gasteiger partial charge in [0.05, 0.1) is 33.0 Å². The molecule has 1 saturated heterocycles. The van der Waals surface area contributed by atoms with Crippen LogP contribution in [-0.4, -0.2) is 52.7 Å². The maximum absolute atomic E-state index is 5.53. The monoisotopic (exact) mass is 217 g/mol. The van der Waals surface area contributed by atoms with Crippen molar-refractivity contribution in [2.45, 2.75) is 25.3 Å². The number of rotatable bonds is 8. The molecule has 0 amide bonds. The van der Waals surface area contributed by atoms with Crippen LogP contribution in [0, 0.1) is 0 Å². The molecule has 1 aliphatic heterocycles. The fourth-order valence-electron chi connectivity index (χ4n) is 1.65. The van der Waals surface area contributed by atoms with E-state index in [1.165, 1.54) is 19.3 Å². The minimum atomic E-state index is 0.553. The zero-order chi connectivity index (χ0) is 10.8. The summed E-state index contributed by atoms with van der Waals surface area (Å²) >= 11 is 0. The van der Waals surface area contributed by atoms with Crippen molar-refractivity contribution in [3.05, 3.63) is 0 Å². The second-order valence-corrected chi connectivity index (χ2v) is 3.83. The topological polar surface area (TPSA) is 39.7 Å². The van der Waals surface area contributed by atoms with Crippen LogP contribution in [-0.2, 0) is 14.2 Å². The van der Waals surface area contributed by atoms with E-state index in [0.717, 1.165) is 13.2 Å². The van der Waals surface area contributed by atoms with Gasteiger partial charge in [-0.05, 0) is 19.4 Å². The van der Waals surface area contributed by atoms with Crippen molar-refractivity contribution in [3.8, 4) is 0 Å². The molecular weight excluding hydrogens is 194 g/mol. The van der Waals surface area contributed by atoms with E-state index in [0.29, 0.717) is 32.5 Å². The SMILES string of the molecule is COCCOCCOCC1CCCCN1. The number of ether oxygens (including phenoxy) is 3. The highest BCUT2D eigenvalue weighted by Gasteiger charge is 2.11. The Morgan fingerprint density at radius 2 is 1.87 bits per heavy atom. The first kappa shape index (κ1) is 12.9. The van der Waals surface area contributed by atoms with E-state index in [4.69, 9.17) is 14.2 Å². The summed E-state index contributed by atoms with van der Waals surface area (Å²) in [6, 6.07) is 0.553. The summed E-state index contributed by atoms with van der Waals surface area (Å²) in [7, 11) is 1.68. The van der Waals surface area contributed by atoms with E-state index >= 15 is 0 Å². The zero-order valence-corrected chi connectivity index (χ0v) is 9.67. The third kappa shape index (κ3) is 6.84. The van der Waals surface area contributed by atoms with Gasteiger partial charge < -0.3 is 19.5 Å². The van der Waals surface area contributed by atoms with Crippen molar-refractivity contribution in [2.24, 2.45) is 0 Å². The van der Waals surface area contributed by atoms with Gasteiger partial charge in [-0.3, -0.25) is 0 Å². The molecule has 1 unspecified atom stereocenters. The van der Waals surface area contributed by atoms with Gasteiger partial charge in [0, 0.05) is 13.2 Å². The highest BCUT2D eigenvalue weighted by Crippen LogP contribution is 2.06. The molecule has 0 saturated carbocycles. The molecule has 1 heterocycles. The largest absolute Gasteiger partial charge is 0.382 e. The molecule has 0 aliphatic carbocycles. The highest BCUT2D eigenvalue weighted by molar-refractivity contribution is 4.71. The molecule has 1 fully saturated rings. The van der Waals surface area contributed by atoms with E-state index in [1.54, 1.807) is 7.11 Å². The van der Waals surface area contributed by atoms with Gasteiger partial charge in [-0.1, -0.05) is 6.42 Å². The Morgan fingerprint density at radius 1 is 1.07 bits per heavy atom. The van der Waals surface area contributed by atoms with E-state index in [-0.39, 0.29) is 0 Å². The molecule has 1 rings (SSSR count).